The summed E-state index contributed by atoms with van der Waals surface area (Å²) in [4.78, 5) is 26.5. The number of anilines is 3. The van der Waals surface area contributed by atoms with E-state index in [0.29, 0.717) is 5.95 Å². The number of carbonyl (C=O) groups is 1. The van der Waals surface area contributed by atoms with Crippen molar-refractivity contribution in [1.82, 2.24) is 15.0 Å². The highest BCUT2D eigenvalue weighted by molar-refractivity contribution is 5.99. The van der Waals surface area contributed by atoms with Crippen LogP contribution in [0.5, 0.6) is 5.75 Å². The van der Waals surface area contributed by atoms with Crippen LogP contribution < -0.4 is 15.4 Å². The van der Waals surface area contributed by atoms with Gasteiger partial charge in [-0.2, -0.15) is 0 Å². The number of methoxy groups -OCH3 is 1. The van der Waals surface area contributed by atoms with Crippen molar-refractivity contribution in [3.63, 3.8) is 0 Å². The Labute approximate surface area is 169 Å². The standard InChI is InChI=1S/C22H23N5O2/c1-22(20(28)25-16-7-9-18(29-2)10-8-16)11-3-5-15-13-24-21(27-19(15)22)26-17-6-4-12-23-14-17/h4,6-10,12-14H,3,5,11H2,1-2H3,(H,25,28)(H,24,26,27). The largest absolute Gasteiger partial charge is 0.497 e. The predicted octanol–water partition coefficient (Wildman–Crippen LogP) is 3.86. The quantitative estimate of drug-likeness (QED) is 0.689. The number of nitrogens with one attached hydrogen (secondary N) is 2. The molecule has 1 unspecified atom stereocenters. The van der Waals surface area contributed by atoms with Gasteiger partial charge in [-0.15, -0.1) is 0 Å². The van der Waals surface area contributed by atoms with Gasteiger partial charge in [-0.05, 0) is 68.1 Å². The Bertz CT molecular complexity index is 1010. The molecule has 1 amide bonds. The minimum Gasteiger partial charge on any atom is -0.497 e. The Morgan fingerprint density at radius 2 is 1.97 bits per heavy atom. The summed E-state index contributed by atoms with van der Waals surface area (Å²) in [6, 6.07) is 11.0. The first kappa shape index (κ1) is 18.9. The topological polar surface area (TPSA) is 89.0 Å². The van der Waals surface area contributed by atoms with Gasteiger partial charge in [0.2, 0.25) is 11.9 Å². The third-order valence-corrected chi connectivity index (χ3v) is 5.28. The van der Waals surface area contributed by atoms with Crippen LogP contribution >= 0.6 is 0 Å². The zero-order valence-corrected chi connectivity index (χ0v) is 16.5. The summed E-state index contributed by atoms with van der Waals surface area (Å²) < 4.78 is 5.18. The molecule has 1 aliphatic rings. The van der Waals surface area contributed by atoms with Gasteiger partial charge in [-0.1, -0.05) is 0 Å². The van der Waals surface area contributed by atoms with Crippen molar-refractivity contribution in [2.75, 3.05) is 17.7 Å². The lowest BCUT2D eigenvalue weighted by Crippen LogP contribution is -2.41. The first-order chi connectivity index (χ1) is 14.1. The van der Waals surface area contributed by atoms with E-state index in [2.05, 4.69) is 20.6 Å². The third kappa shape index (κ3) is 3.89. The molecule has 0 saturated heterocycles. The number of ether oxygens (including phenoxy) is 1. The van der Waals surface area contributed by atoms with Gasteiger partial charge in [0.05, 0.1) is 30.1 Å². The van der Waals surface area contributed by atoms with Crippen molar-refractivity contribution < 1.29 is 9.53 Å². The van der Waals surface area contributed by atoms with E-state index in [1.807, 2.05) is 49.5 Å². The van der Waals surface area contributed by atoms with E-state index in [4.69, 9.17) is 9.72 Å². The number of aryl methyl sites for hydroxylation is 1. The highest BCUT2D eigenvalue weighted by Gasteiger charge is 2.41. The van der Waals surface area contributed by atoms with Crippen LogP contribution in [0.1, 0.15) is 31.0 Å². The molecule has 0 aliphatic heterocycles. The van der Waals surface area contributed by atoms with Crippen molar-refractivity contribution in [3.05, 3.63) is 66.2 Å². The van der Waals surface area contributed by atoms with Crippen molar-refractivity contribution in [1.29, 1.82) is 0 Å². The van der Waals surface area contributed by atoms with Crippen LogP contribution in [0.2, 0.25) is 0 Å². The highest BCUT2D eigenvalue weighted by atomic mass is 16.5. The molecule has 7 heteroatoms. The highest BCUT2D eigenvalue weighted by Crippen LogP contribution is 2.37. The molecule has 3 aromatic rings. The van der Waals surface area contributed by atoms with Crippen LogP contribution in [-0.2, 0) is 16.6 Å². The van der Waals surface area contributed by atoms with Crippen molar-refractivity contribution in [3.8, 4) is 5.75 Å². The Morgan fingerprint density at radius 1 is 1.14 bits per heavy atom. The fourth-order valence-electron chi connectivity index (χ4n) is 3.61. The van der Waals surface area contributed by atoms with Crippen LogP contribution in [0.25, 0.3) is 0 Å². The van der Waals surface area contributed by atoms with Gasteiger partial charge in [0.25, 0.3) is 0 Å². The number of carbonyl (C=O) groups excluding carboxylic acids is 1. The average Bonchev–Trinajstić information content (AvgIpc) is 2.75. The van der Waals surface area contributed by atoms with E-state index >= 15 is 0 Å². The molecule has 7 nitrogen and oxygen atoms in total. The first-order valence-electron chi connectivity index (χ1n) is 9.57. The number of hydrogen-bond donors (Lipinski definition) is 2. The van der Waals surface area contributed by atoms with E-state index in [1.165, 1.54) is 0 Å². The summed E-state index contributed by atoms with van der Waals surface area (Å²) in [5.74, 6) is 1.13. The summed E-state index contributed by atoms with van der Waals surface area (Å²) >= 11 is 0. The van der Waals surface area contributed by atoms with Gasteiger partial charge < -0.3 is 15.4 Å². The van der Waals surface area contributed by atoms with Crippen molar-refractivity contribution >= 4 is 23.2 Å². The van der Waals surface area contributed by atoms with Gasteiger partial charge >= 0.3 is 0 Å². The van der Waals surface area contributed by atoms with E-state index in [0.717, 1.165) is 47.6 Å². The number of hydrogen-bond acceptors (Lipinski definition) is 6. The summed E-state index contributed by atoms with van der Waals surface area (Å²) in [5, 5.41) is 6.19. The maximum Gasteiger partial charge on any atom is 0.236 e. The molecule has 2 aromatic heterocycles. The number of fused-ring (bicyclic) bond motifs is 1. The zero-order chi connectivity index (χ0) is 20.3. The fourth-order valence-corrected chi connectivity index (χ4v) is 3.61. The monoisotopic (exact) mass is 389 g/mol. The second-order valence-electron chi connectivity index (χ2n) is 7.30. The first-order valence-corrected chi connectivity index (χ1v) is 9.57. The maximum absolute atomic E-state index is 13.2. The van der Waals surface area contributed by atoms with Crippen LogP contribution in [0, 0.1) is 0 Å². The Hall–Kier alpha value is -3.48. The molecule has 29 heavy (non-hydrogen) atoms. The lowest BCUT2D eigenvalue weighted by atomic mass is 9.74. The number of nitrogens with zero attached hydrogens (tertiary/aromatic N) is 3. The SMILES string of the molecule is COc1ccc(NC(=O)C2(C)CCCc3cnc(Nc4cccnc4)nc32)cc1. The molecule has 2 heterocycles. The fraction of sp³-hybridized carbons (Fsp3) is 0.273. The molecule has 0 bridgehead atoms. The van der Waals surface area contributed by atoms with Crippen molar-refractivity contribution in [2.24, 2.45) is 0 Å². The van der Waals surface area contributed by atoms with Gasteiger partial charge in [0, 0.05) is 18.1 Å². The van der Waals surface area contributed by atoms with Crippen LogP contribution in [-0.4, -0.2) is 28.0 Å². The van der Waals surface area contributed by atoms with E-state index in [9.17, 15) is 4.79 Å². The number of aromatic nitrogens is 3. The molecule has 0 spiro atoms. The molecule has 0 radical (unpaired) electrons. The average molecular weight is 389 g/mol. The summed E-state index contributed by atoms with van der Waals surface area (Å²) in [6.45, 7) is 1.95. The minimum atomic E-state index is -0.734. The van der Waals surface area contributed by atoms with Crippen LogP contribution in [0.3, 0.4) is 0 Å². The lowest BCUT2D eigenvalue weighted by molar-refractivity contribution is -0.121. The second-order valence-corrected chi connectivity index (χ2v) is 7.30. The van der Waals surface area contributed by atoms with E-state index in [1.54, 1.807) is 19.5 Å². The number of rotatable bonds is 5. The Kier molecular flexibility index (Phi) is 5.12. The molecular weight excluding hydrogens is 366 g/mol. The summed E-state index contributed by atoms with van der Waals surface area (Å²) in [6.07, 6.45) is 7.74. The normalized spacial score (nSPS) is 17.9. The number of amides is 1. The van der Waals surface area contributed by atoms with Crippen LogP contribution in [0.4, 0.5) is 17.3 Å². The third-order valence-electron chi connectivity index (χ3n) is 5.28. The van der Waals surface area contributed by atoms with E-state index in [-0.39, 0.29) is 5.91 Å². The van der Waals surface area contributed by atoms with Gasteiger partial charge in [-0.3, -0.25) is 9.78 Å². The van der Waals surface area contributed by atoms with Gasteiger partial charge in [0.15, 0.2) is 0 Å². The van der Waals surface area contributed by atoms with Gasteiger partial charge in [-0.25, -0.2) is 9.97 Å². The van der Waals surface area contributed by atoms with Crippen LogP contribution in [0.15, 0.2) is 55.0 Å². The zero-order valence-electron chi connectivity index (χ0n) is 16.5. The molecule has 2 N–H and O–H groups in total. The molecule has 1 aliphatic carbocycles. The lowest BCUT2D eigenvalue weighted by Gasteiger charge is -2.33. The molecule has 1 aromatic carbocycles. The number of pyridine rings is 1. The summed E-state index contributed by atoms with van der Waals surface area (Å²) in [5.41, 5.74) is 2.58. The molecular formula is C22H23N5O2. The molecule has 148 valence electrons. The van der Waals surface area contributed by atoms with Gasteiger partial charge in [0.1, 0.15) is 5.75 Å². The van der Waals surface area contributed by atoms with E-state index < -0.39 is 5.41 Å². The smallest absolute Gasteiger partial charge is 0.236 e. The summed E-state index contributed by atoms with van der Waals surface area (Å²) in [7, 11) is 1.62. The van der Waals surface area contributed by atoms with Crippen molar-refractivity contribution in [2.45, 2.75) is 31.6 Å². The predicted molar refractivity (Wildman–Crippen MR) is 111 cm³/mol. The Morgan fingerprint density at radius 3 is 2.69 bits per heavy atom. The molecule has 0 fully saturated rings. The Balaban J connectivity index is 1.60. The maximum atomic E-state index is 13.2. The molecule has 1 atom stereocenters. The minimum absolute atomic E-state index is 0.0744. The molecule has 0 saturated carbocycles. The second kappa shape index (κ2) is 7.87. The number of benzene rings is 1. The molecule has 4 rings (SSSR count).